The Balaban J connectivity index is 0.00000338. The van der Waals surface area contributed by atoms with Gasteiger partial charge in [0.2, 0.25) is 0 Å². The van der Waals surface area contributed by atoms with Crippen molar-refractivity contribution in [2.45, 2.75) is 26.0 Å². The second-order valence-corrected chi connectivity index (χ2v) is 6.72. The molecule has 2 rings (SSSR count). The molecular formula is C18H25FIN3O2S. The predicted molar refractivity (Wildman–Crippen MR) is 115 cm³/mol. The lowest BCUT2D eigenvalue weighted by Gasteiger charge is -2.23. The average molecular weight is 493 g/mol. The molecule has 0 amide bonds. The van der Waals surface area contributed by atoms with E-state index in [1.807, 2.05) is 24.4 Å². The van der Waals surface area contributed by atoms with Crippen molar-refractivity contribution < 1.29 is 14.2 Å². The van der Waals surface area contributed by atoms with Crippen molar-refractivity contribution in [3.05, 3.63) is 52.0 Å². The summed E-state index contributed by atoms with van der Waals surface area (Å²) in [5.41, 5.74) is -0.253. The van der Waals surface area contributed by atoms with Gasteiger partial charge in [0, 0.05) is 11.4 Å². The van der Waals surface area contributed by atoms with Gasteiger partial charge in [-0.25, -0.2) is 9.38 Å². The minimum absolute atomic E-state index is 0. The summed E-state index contributed by atoms with van der Waals surface area (Å²) in [5, 5.41) is 18.8. The number of nitrogens with one attached hydrogen (secondary N) is 2. The Morgan fingerprint density at radius 2 is 2.12 bits per heavy atom. The Kier molecular flexibility index (Phi) is 9.31. The SMILES string of the molecule is CCNC(=NCc1ccc(OC)c(F)c1)NCC(C)(O)c1cccs1.I. The van der Waals surface area contributed by atoms with Crippen molar-refractivity contribution >= 4 is 41.3 Å². The highest BCUT2D eigenvalue weighted by Gasteiger charge is 2.24. The summed E-state index contributed by atoms with van der Waals surface area (Å²) >= 11 is 1.51. The fraction of sp³-hybridized carbons (Fsp3) is 0.389. The molecule has 0 aliphatic heterocycles. The van der Waals surface area contributed by atoms with Crippen LogP contribution < -0.4 is 15.4 Å². The number of methoxy groups -OCH3 is 1. The van der Waals surface area contributed by atoms with E-state index in [1.54, 1.807) is 19.1 Å². The maximum Gasteiger partial charge on any atom is 0.191 e. The quantitative estimate of drug-likeness (QED) is 0.314. The number of hydrogen-bond acceptors (Lipinski definition) is 4. The zero-order chi connectivity index (χ0) is 18.3. The standard InChI is InChI=1S/C18H24FN3O2S.HI/c1-4-20-17(22-12-18(2,23)16-6-5-9-25-16)21-11-13-7-8-15(24-3)14(19)10-13;/h5-10,23H,4,11-12H2,1-3H3,(H2,20,21,22);1H. The molecule has 1 atom stereocenters. The van der Waals surface area contributed by atoms with E-state index < -0.39 is 11.4 Å². The van der Waals surface area contributed by atoms with Crippen LogP contribution in [0.15, 0.2) is 40.7 Å². The average Bonchev–Trinajstić information content (AvgIpc) is 3.13. The number of rotatable bonds is 7. The van der Waals surface area contributed by atoms with Crippen LogP contribution >= 0.6 is 35.3 Å². The summed E-state index contributed by atoms with van der Waals surface area (Å²) in [5.74, 6) is 0.370. The molecule has 0 fully saturated rings. The number of hydrogen-bond donors (Lipinski definition) is 3. The van der Waals surface area contributed by atoms with Gasteiger partial charge in [-0.05, 0) is 43.0 Å². The molecule has 1 aromatic heterocycles. The van der Waals surface area contributed by atoms with Gasteiger partial charge in [0.05, 0.1) is 20.2 Å². The molecule has 1 unspecified atom stereocenters. The molecular weight excluding hydrogens is 468 g/mol. The van der Waals surface area contributed by atoms with Gasteiger partial charge in [-0.15, -0.1) is 35.3 Å². The summed E-state index contributed by atoms with van der Waals surface area (Å²) in [6.45, 7) is 5.04. The van der Waals surface area contributed by atoms with Crippen LogP contribution in [0, 0.1) is 5.82 Å². The molecule has 0 radical (unpaired) electrons. The van der Waals surface area contributed by atoms with Crippen LogP contribution in [-0.2, 0) is 12.1 Å². The van der Waals surface area contributed by atoms with E-state index in [-0.39, 0.29) is 29.7 Å². The minimum atomic E-state index is -0.990. The molecule has 0 saturated heterocycles. The summed E-state index contributed by atoms with van der Waals surface area (Å²) in [6.07, 6.45) is 0. The minimum Gasteiger partial charge on any atom is -0.494 e. The van der Waals surface area contributed by atoms with Crippen molar-refractivity contribution in [1.82, 2.24) is 10.6 Å². The third-order valence-electron chi connectivity index (χ3n) is 3.63. The van der Waals surface area contributed by atoms with Crippen LogP contribution in [0.5, 0.6) is 5.75 Å². The van der Waals surface area contributed by atoms with Gasteiger partial charge in [-0.2, -0.15) is 0 Å². The largest absolute Gasteiger partial charge is 0.494 e. The molecule has 144 valence electrons. The van der Waals surface area contributed by atoms with Crippen LogP contribution in [-0.4, -0.2) is 31.3 Å². The molecule has 26 heavy (non-hydrogen) atoms. The fourth-order valence-electron chi connectivity index (χ4n) is 2.25. The van der Waals surface area contributed by atoms with Gasteiger partial charge in [0.15, 0.2) is 17.5 Å². The Morgan fingerprint density at radius 1 is 1.35 bits per heavy atom. The number of ether oxygens (including phenoxy) is 1. The lowest BCUT2D eigenvalue weighted by atomic mass is 10.1. The molecule has 5 nitrogen and oxygen atoms in total. The van der Waals surface area contributed by atoms with Crippen LogP contribution in [0.1, 0.15) is 24.3 Å². The number of guanidine groups is 1. The summed E-state index contributed by atoms with van der Waals surface area (Å²) in [4.78, 5) is 5.33. The monoisotopic (exact) mass is 493 g/mol. The van der Waals surface area contributed by atoms with Crippen molar-refractivity contribution in [3.8, 4) is 5.75 Å². The normalized spacial score (nSPS) is 13.5. The predicted octanol–water partition coefficient (Wildman–Crippen LogP) is 3.48. The first-order chi connectivity index (χ1) is 12.0. The number of aliphatic hydroxyl groups is 1. The Hall–Kier alpha value is -1.39. The smallest absolute Gasteiger partial charge is 0.191 e. The molecule has 8 heteroatoms. The number of halogens is 2. The van der Waals surface area contributed by atoms with Gasteiger partial charge in [0.1, 0.15) is 5.60 Å². The van der Waals surface area contributed by atoms with Crippen molar-refractivity contribution in [3.63, 3.8) is 0 Å². The van der Waals surface area contributed by atoms with Gasteiger partial charge in [-0.1, -0.05) is 12.1 Å². The van der Waals surface area contributed by atoms with Gasteiger partial charge in [-0.3, -0.25) is 0 Å². The van der Waals surface area contributed by atoms with E-state index >= 15 is 0 Å². The molecule has 1 aromatic carbocycles. The first kappa shape index (κ1) is 22.7. The molecule has 2 aromatic rings. The molecule has 0 spiro atoms. The summed E-state index contributed by atoms with van der Waals surface area (Å²) in [6, 6.07) is 8.58. The van der Waals surface area contributed by atoms with Crippen LogP contribution in [0.3, 0.4) is 0 Å². The maximum atomic E-state index is 13.7. The van der Waals surface area contributed by atoms with E-state index in [0.29, 0.717) is 25.6 Å². The number of thiophene rings is 1. The molecule has 0 bridgehead atoms. The Morgan fingerprint density at radius 3 is 2.69 bits per heavy atom. The van der Waals surface area contributed by atoms with Crippen molar-refractivity contribution in [1.29, 1.82) is 0 Å². The summed E-state index contributed by atoms with van der Waals surface area (Å²) in [7, 11) is 1.43. The maximum absolute atomic E-state index is 13.7. The van der Waals surface area contributed by atoms with Gasteiger partial charge >= 0.3 is 0 Å². The molecule has 0 aliphatic rings. The van der Waals surface area contributed by atoms with Gasteiger partial charge in [0.25, 0.3) is 0 Å². The zero-order valence-corrected chi connectivity index (χ0v) is 18.2. The molecule has 1 heterocycles. The molecule has 0 aliphatic carbocycles. The van der Waals surface area contributed by atoms with Gasteiger partial charge < -0.3 is 20.5 Å². The first-order valence-electron chi connectivity index (χ1n) is 8.07. The van der Waals surface area contributed by atoms with E-state index in [9.17, 15) is 9.50 Å². The Bertz CT molecular complexity index is 708. The van der Waals surface area contributed by atoms with Crippen molar-refractivity contribution in [2.24, 2.45) is 4.99 Å². The molecule has 3 N–H and O–H groups in total. The van der Waals surface area contributed by atoms with Crippen LogP contribution in [0.2, 0.25) is 0 Å². The third kappa shape index (κ3) is 6.40. The zero-order valence-electron chi connectivity index (χ0n) is 15.1. The highest BCUT2D eigenvalue weighted by Crippen LogP contribution is 2.24. The highest BCUT2D eigenvalue weighted by molar-refractivity contribution is 14.0. The Labute approximate surface area is 174 Å². The van der Waals surface area contributed by atoms with E-state index in [0.717, 1.165) is 10.4 Å². The second-order valence-electron chi connectivity index (χ2n) is 5.77. The van der Waals surface area contributed by atoms with Crippen LogP contribution in [0.4, 0.5) is 4.39 Å². The van der Waals surface area contributed by atoms with Crippen molar-refractivity contribution in [2.75, 3.05) is 20.2 Å². The number of nitrogens with zero attached hydrogens (tertiary/aromatic N) is 1. The lowest BCUT2D eigenvalue weighted by molar-refractivity contribution is 0.0655. The third-order valence-corrected chi connectivity index (χ3v) is 4.76. The first-order valence-corrected chi connectivity index (χ1v) is 8.95. The highest BCUT2D eigenvalue weighted by atomic mass is 127. The second kappa shape index (κ2) is 10.7. The van der Waals surface area contributed by atoms with E-state index in [1.165, 1.54) is 24.5 Å². The number of benzene rings is 1. The topological polar surface area (TPSA) is 65.9 Å². The fourth-order valence-corrected chi connectivity index (χ4v) is 3.04. The van der Waals surface area contributed by atoms with Crippen LogP contribution in [0.25, 0.3) is 0 Å². The number of aliphatic imine (C=N–C) groups is 1. The molecule has 0 saturated carbocycles. The lowest BCUT2D eigenvalue weighted by Crippen LogP contribution is -2.44. The summed E-state index contributed by atoms with van der Waals surface area (Å²) < 4.78 is 18.7. The van der Waals surface area contributed by atoms with E-state index in [2.05, 4.69) is 15.6 Å². The van der Waals surface area contributed by atoms with E-state index in [4.69, 9.17) is 4.74 Å².